The first-order chi connectivity index (χ1) is 8.72. The van der Waals surface area contributed by atoms with Gasteiger partial charge in [0.15, 0.2) is 4.34 Å². The minimum absolute atomic E-state index is 0.0409. The first-order valence-corrected chi connectivity index (χ1v) is 7.74. The minimum Gasteiger partial charge on any atom is -0.458 e. The lowest BCUT2D eigenvalue weighted by molar-refractivity contribution is 0.181. The molecule has 96 valence electrons. The maximum atomic E-state index is 11.3. The highest BCUT2D eigenvalue weighted by Gasteiger charge is 2.11. The molecular weight excluding hydrogens is 290 g/mol. The molecule has 1 N–H and O–H groups in total. The number of carbonyl (C=O) groups excluding carboxylic acids is 1. The van der Waals surface area contributed by atoms with E-state index in [1.807, 2.05) is 17.5 Å². The second-order valence-corrected chi connectivity index (χ2v) is 6.42. The molecule has 0 saturated carbocycles. The van der Waals surface area contributed by atoms with Crippen molar-refractivity contribution < 1.29 is 14.6 Å². The average molecular weight is 301 g/mol. The van der Waals surface area contributed by atoms with Crippen molar-refractivity contribution in [3.05, 3.63) is 22.4 Å². The van der Waals surface area contributed by atoms with Gasteiger partial charge in [-0.25, -0.2) is 9.78 Å². The molecule has 0 aliphatic rings. The second-order valence-electron chi connectivity index (χ2n) is 3.21. The maximum Gasteiger partial charge on any atom is 0.374 e. The summed E-state index contributed by atoms with van der Waals surface area (Å²) >= 11 is 3.91. The van der Waals surface area contributed by atoms with Gasteiger partial charge in [-0.2, -0.15) is 0 Å². The fraction of sp³-hybridized carbons (Fsp3) is 0.273. The van der Waals surface area contributed by atoms with E-state index in [4.69, 9.17) is 9.84 Å². The Morgan fingerprint density at radius 1 is 1.56 bits per heavy atom. The molecule has 4 nitrogen and oxygen atoms in total. The highest BCUT2D eigenvalue weighted by atomic mass is 32.2. The Bertz CT molecular complexity index is 535. The van der Waals surface area contributed by atoms with Crippen molar-refractivity contribution in [1.29, 1.82) is 0 Å². The van der Waals surface area contributed by atoms with Crippen LogP contribution in [0, 0.1) is 0 Å². The molecule has 0 spiro atoms. The predicted molar refractivity (Wildman–Crippen MR) is 74.2 cm³/mol. The third kappa shape index (κ3) is 3.32. The van der Waals surface area contributed by atoms with Crippen molar-refractivity contribution in [2.45, 2.75) is 17.9 Å². The van der Waals surface area contributed by atoms with E-state index in [0.717, 1.165) is 27.2 Å². The minimum atomic E-state index is -0.333. The number of rotatable bonds is 4. The van der Waals surface area contributed by atoms with Crippen molar-refractivity contribution in [1.82, 2.24) is 4.98 Å². The summed E-state index contributed by atoms with van der Waals surface area (Å²) in [5.74, 6) is 0. The molecule has 0 fully saturated rings. The summed E-state index contributed by atoms with van der Waals surface area (Å²) in [4.78, 5) is 17.5. The van der Waals surface area contributed by atoms with Gasteiger partial charge in [-0.3, -0.25) is 0 Å². The number of thiazole rings is 1. The normalized spacial score (nSPS) is 10.6. The Balaban J connectivity index is 2.07. The fourth-order valence-corrected chi connectivity index (χ4v) is 3.69. The number of aromatic nitrogens is 1. The largest absolute Gasteiger partial charge is 0.458 e. The zero-order chi connectivity index (χ0) is 13.0. The van der Waals surface area contributed by atoms with Crippen molar-refractivity contribution in [2.75, 3.05) is 6.61 Å². The third-order valence-corrected chi connectivity index (χ3v) is 4.80. The molecule has 0 aliphatic heterocycles. The van der Waals surface area contributed by atoms with E-state index in [1.165, 1.54) is 22.7 Å². The summed E-state index contributed by atoms with van der Waals surface area (Å²) < 4.78 is 5.51. The topological polar surface area (TPSA) is 59.4 Å². The number of aliphatic hydroxyl groups excluding tert-OH is 1. The standard InChI is InChI=1S/C11H11NO3S3/c1-2-15-11(14)18-10-12-8(6-16-10)9-4-3-7(5-13)17-9/h3-4,6,13H,2,5H2,1H3. The van der Waals surface area contributed by atoms with Crippen LogP contribution in [0.3, 0.4) is 0 Å². The highest BCUT2D eigenvalue weighted by molar-refractivity contribution is 8.14. The Hall–Kier alpha value is -0.890. The monoisotopic (exact) mass is 301 g/mol. The van der Waals surface area contributed by atoms with Crippen molar-refractivity contribution in [2.24, 2.45) is 0 Å². The number of thiophene rings is 1. The summed E-state index contributed by atoms with van der Waals surface area (Å²) in [5.41, 5.74) is 0.830. The van der Waals surface area contributed by atoms with E-state index in [2.05, 4.69) is 4.98 Å². The van der Waals surface area contributed by atoms with Crippen LogP contribution in [0.1, 0.15) is 11.8 Å². The van der Waals surface area contributed by atoms with Gasteiger partial charge in [0.25, 0.3) is 0 Å². The molecule has 18 heavy (non-hydrogen) atoms. The van der Waals surface area contributed by atoms with E-state index in [-0.39, 0.29) is 11.9 Å². The molecular formula is C11H11NO3S3. The van der Waals surface area contributed by atoms with Gasteiger partial charge in [-0.05, 0) is 19.1 Å². The average Bonchev–Trinajstić information content (AvgIpc) is 2.96. The Morgan fingerprint density at radius 3 is 3.06 bits per heavy atom. The molecule has 2 heterocycles. The molecule has 2 aromatic heterocycles. The number of nitrogens with zero attached hydrogens (tertiary/aromatic N) is 1. The number of aliphatic hydroxyl groups is 1. The molecule has 0 bridgehead atoms. The van der Waals surface area contributed by atoms with E-state index < -0.39 is 0 Å². The van der Waals surface area contributed by atoms with Crippen LogP contribution in [0.4, 0.5) is 4.79 Å². The molecule has 0 saturated heterocycles. The number of thioether (sulfide) groups is 1. The molecule has 7 heteroatoms. The maximum absolute atomic E-state index is 11.3. The Morgan fingerprint density at radius 2 is 2.39 bits per heavy atom. The molecule has 0 atom stereocenters. The lowest BCUT2D eigenvalue weighted by Crippen LogP contribution is -1.95. The first-order valence-electron chi connectivity index (χ1n) is 5.23. The van der Waals surface area contributed by atoms with Gasteiger partial charge >= 0.3 is 5.30 Å². The van der Waals surface area contributed by atoms with Gasteiger partial charge in [0.05, 0.1) is 23.8 Å². The van der Waals surface area contributed by atoms with Crippen LogP contribution in [-0.2, 0) is 11.3 Å². The second kappa shape index (κ2) is 6.33. The van der Waals surface area contributed by atoms with Gasteiger partial charge in [0, 0.05) is 22.0 Å². The van der Waals surface area contributed by atoms with E-state index in [1.54, 1.807) is 6.92 Å². The molecule has 0 unspecified atom stereocenters. The number of hydrogen-bond donors (Lipinski definition) is 1. The fourth-order valence-electron chi connectivity index (χ4n) is 1.24. The van der Waals surface area contributed by atoms with E-state index >= 15 is 0 Å². The summed E-state index contributed by atoms with van der Waals surface area (Å²) in [7, 11) is 0. The number of ether oxygens (including phenoxy) is 1. The lowest BCUT2D eigenvalue weighted by Gasteiger charge is -1.96. The molecule has 2 aromatic rings. The van der Waals surface area contributed by atoms with Gasteiger partial charge < -0.3 is 9.84 Å². The quantitative estimate of drug-likeness (QED) is 0.690. The molecule has 0 aliphatic carbocycles. The third-order valence-electron chi connectivity index (χ3n) is 1.99. The smallest absolute Gasteiger partial charge is 0.374 e. The number of carbonyl (C=O) groups is 1. The first kappa shape index (κ1) is 13.5. The molecule has 0 radical (unpaired) electrons. The summed E-state index contributed by atoms with van der Waals surface area (Å²) in [6.07, 6.45) is 0. The summed E-state index contributed by atoms with van der Waals surface area (Å²) in [6, 6.07) is 3.79. The number of hydrogen-bond acceptors (Lipinski definition) is 7. The Labute approximate surface area is 117 Å². The zero-order valence-corrected chi connectivity index (χ0v) is 12.0. The van der Waals surface area contributed by atoms with Crippen LogP contribution in [0.25, 0.3) is 10.6 Å². The van der Waals surface area contributed by atoms with Crippen molar-refractivity contribution >= 4 is 39.7 Å². The SMILES string of the molecule is CCOC(=O)Sc1nc(-c2ccc(CO)s2)cs1. The summed E-state index contributed by atoms with van der Waals surface area (Å²) in [5, 5.41) is 10.6. The predicted octanol–water partition coefficient (Wildman–Crippen LogP) is 3.61. The highest BCUT2D eigenvalue weighted by Crippen LogP contribution is 2.32. The van der Waals surface area contributed by atoms with Crippen LogP contribution < -0.4 is 0 Å². The van der Waals surface area contributed by atoms with E-state index in [0.29, 0.717) is 10.9 Å². The Kier molecular flexibility index (Phi) is 4.76. The van der Waals surface area contributed by atoms with Gasteiger partial charge in [0.1, 0.15) is 0 Å². The van der Waals surface area contributed by atoms with Crippen LogP contribution >= 0.6 is 34.4 Å². The van der Waals surface area contributed by atoms with Crippen LogP contribution in [-0.4, -0.2) is 22.0 Å². The lowest BCUT2D eigenvalue weighted by atomic mass is 10.4. The van der Waals surface area contributed by atoms with Crippen LogP contribution in [0.15, 0.2) is 21.9 Å². The summed E-state index contributed by atoms with van der Waals surface area (Å²) in [6.45, 7) is 2.18. The molecule has 0 amide bonds. The van der Waals surface area contributed by atoms with Gasteiger partial charge in [-0.15, -0.1) is 22.7 Å². The van der Waals surface area contributed by atoms with E-state index in [9.17, 15) is 4.79 Å². The van der Waals surface area contributed by atoms with Gasteiger partial charge in [0.2, 0.25) is 0 Å². The van der Waals surface area contributed by atoms with Crippen LogP contribution in [0.2, 0.25) is 0 Å². The zero-order valence-electron chi connectivity index (χ0n) is 9.58. The van der Waals surface area contributed by atoms with Crippen molar-refractivity contribution in [3.63, 3.8) is 0 Å². The van der Waals surface area contributed by atoms with Gasteiger partial charge in [-0.1, -0.05) is 0 Å². The van der Waals surface area contributed by atoms with Crippen LogP contribution in [0.5, 0.6) is 0 Å². The van der Waals surface area contributed by atoms with Crippen molar-refractivity contribution in [3.8, 4) is 10.6 Å². The molecule has 0 aromatic carbocycles. The molecule has 2 rings (SSSR count).